The van der Waals surface area contributed by atoms with E-state index < -0.39 is 5.97 Å². The molecule has 82 valence electrons. The highest BCUT2D eigenvalue weighted by atomic mass is 16.5. The molecular weight excluding hydrogens is 200 g/mol. The summed E-state index contributed by atoms with van der Waals surface area (Å²) in [6.45, 7) is 0.989. The van der Waals surface area contributed by atoms with Crippen molar-refractivity contribution >= 4 is 5.97 Å². The van der Waals surface area contributed by atoms with Crippen LogP contribution in [0.1, 0.15) is 16.5 Å². The molecule has 1 fully saturated rings. The number of ether oxygens (including phenoxy) is 2. The average molecular weight is 212 g/mol. The Morgan fingerprint density at radius 1 is 1.73 bits per heavy atom. The van der Waals surface area contributed by atoms with Gasteiger partial charge in [-0.05, 0) is 0 Å². The molecule has 0 saturated carbocycles. The van der Waals surface area contributed by atoms with Crippen molar-refractivity contribution in [2.45, 2.75) is 12.1 Å². The summed E-state index contributed by atoms with van der Waals surface area (Å²) < 4.78 is 11.3. The number of esters is 1. The van der Waals surface area contributed by atoms with Gasteiger partial charge < -0.3 is 15.2 Å². The summed E-state index contributed by atoms with van der Waals surface area (Å²) in [6, 6.07) is -0.173. The van der Waals surface area contributed by atoms with Crippen LogP contribution in [-0.4, -0.2) is 47.3 Å². The second kappa shape index (κ2) is 3.95. The van der Waals surface area contributed by atoms with Crippen molar-refractivity contribution in [3.8, 4) is 0 Å². The van der Waals surface area contributed by atoms with Gasteiger partial charge in [0.1, 0.15) is 0 Å². The molecule has 1 aromatic rings. The van der Waals surface area contributed by atoms with Gasteiger partial charge in [0.05, 0.1) is 38.6 Å². The molecule has 1 aromatic heterocycles. The molecule has 0 unspecified atom stereocenters. The monoisotopic (exact) mass is 212 g/mol. The molecule has 2 N–H and O–H groups in total. The standard InChI is InChI=1S/C8H12N4O3/c1-14-8(13)6-2-12(11-10-6)7-4-15-3-5(7)9/h2,5,7H,3-4,9H2,1H3/t5-,7+/m1/s1. The minimum atomic E-state index is -0.506. The van der Waals surface area contributed by atoms with Crippen LogP contribution < -0.4 is 5.73 Å². The van der Waals surface area contributed by atoms with Gasteiger partial charge in [0.25, 0.3) is 0 Å². The van der Waals surface area contributed by atoms with Crippen molar-refractivity contribution < 1.29 is 14.3 Å². The van der Waals surface area contributed by atoms with E-state index in [2.05, 4.69) is 15.0 Å². The third-order valence-electron chi connectivity index (χ3n) is 2.34. The molecule has 0 spiro atoms. The SMILES string of the molecule is COC(=O)c1cn([C@H]2COC[C@H]2N)nn1. The normalized spacial score (nSPS) is 25.5. The van der Waals surface area contributed by atoms with E-state index in [0.717, 1.165) is 0 Å². The maximum absolute atomic E-state index is 11.1. The highest BCUT2D eigenvalue weighted by Crippen LogP contribution is 2.16. The van der Waals surface area contributed by atoms with Crippen molar-refractivity contribution in [3.63, 3.8) is 0 Å². The van der Waals surface area contributed by atoms with Gasteiger partial charge in [-0.15, -0.1) is 5.10 Å². The lowest BCUT2D eigenvalue weighted by atomic mass is 10.2. The number of methoxy groups -OCH3 is 1. The smallest absolute Gasteiger partial charge is 0.360 e. The van der Waals surface area contributed by atoms with Gasteiger partial charge >= 0.3 is 5.97 Å². The summed E-state index contributed by atoms with van der Waals surface area (Å²) in [7, 11) is 1.30. The zero-order valence-electron chi connectivity index (χ0n) is 8.29. The Hall–Kier alpha value is -1.47. The molecule has 1 saturated heterocycles. The van der Waals surface area contributed by atoms with Crippen LogP contribution >= 0.6 is 0 Å². The quantitative estimate of drug-likeness (QED) is 0.630. The van der Waals surface area contributed by atoms with E-state index in [1.165, 1.54) is 13.3 Å². The van der Waals surface area contributed by atoms with Crippen molar-refractivity contribution in [2.24, 2.45) is 5.73 Å². The van der Waals surface area contributed by atoms with Crippen LogP contribution in [0.5, 0.6) is 0 Å². The fraction of sp³-hybridized carbons (Fsp3) is 0.625. The number of nitrogens with two attached hydrogens (primary N) is 1. The van der Waals surface area contributed by atoms with E-state index in [9.17, 15) is 4.79 Å². The predicted molar refractivity (Wildman–Crippen MR) is 49.2 cm³/mol. The molecule has 0 bridgehead atoms. The molecule has 2 atom stereocenters. The summed E-state index contributed by atoms with van der Waals surface area (Å²) in [5.41, 5.74) is 5.98. The molecule has 1 aliphatic rings. The van der Waals surface area contributed by atoms with Crippen LogP contribution in [0.3, 0.4) is 0 Å². The van der Waals surface area contributed by atoms with Crippen LogP contribution in [0.2, 0.25) is 0 Å². The zero-order valence-corrected chi connectivity index (χ0v) is 8.29. The minimum absolute atomic E-state index is 0.0593. The lowest BCUT2D eigenvalue weighted by Gasteiger charge is -2.11. The Bertz CT molecular complexity index is 365. The summed E-state index contributed by atoms with van der Waals surface area (Å²) in [5, 5.41) is 7.52. The number of hydrogen-bond donors (Lipinski definition) is 1. The van der Waals surface area contributed by atoms with Gasteiger partial charge in [-0.3, -0.25) is 0 Å². The topological polar surface area (TPSA) is 92.3 Å². The fourth-order valence-corrected chi connectivity index (χ4v) is 1.47. The first-order valence-electron chi connectivity index (χ1n) is 4.56. The molecule has 7 heteroatoms. The number of hydrogen-bond acceptors (Lipinski definition) is 6. The molecule has 7 nitrogen and oxygen atoms in total. The summed E-state index contributed by atoms with van der Waals surface area (Å²) >= 11 is 0. The number of aromatic nitrogens is 3. The van der Waals surface area contributed by atoms with Crippen molar-refractivity contribution in [3.05, 3.63) is 11.9 Å². The first-order chi connectivity index (χ1) is 7.22. The van der Waals surface area contributed by atoms with Gasteiger partial charge in [0.15, 0.2) is 5.69 Å². The van der Waals surface area contributed by atoms with E-state index in [0.29, 0.717) is 13.2 Å². The Morgan fingerprint density at radius 2 is 2.53 bits per heavy atom. The van der Waals surface area contributed by atoms with Crippen molar-refractivity contribution in [2.75, 3.05) is 20.3 Å². The number of carbonyl (C=O) groups excluding carboxylic acids is 1. The summed E-state index contributed by atoms with van der Waals surface area (Å²) in [4.78, 5) is 11.1. The fourth-order valence-electron chi connectivity index (χ4n) is 1.47. The Morgan fingerprint density at radius 3 is 3.13 bits per heavy atom. The second-order valence-corrected chi connectivity index (χ2v) is 3.34. The first-order valence-corrected chi connectivity index (χ1v) is 4.56. The molecule has 1 aliphatic heterocycles. The van der Waals surface area contributed by atoms with E-state index >= 15 is 0 Å². The van der Waals surface area contributed by atoms with Gasteiger partial charge in [0.2, 0.25) is 0 Å². The summed E-state index contributed by atoms with van der Waals surface area (Å²) in [6.07, 6.45) is 1.52. The van der Waals surface area contributed by atoms with Crippen LogP contribution in [0.15, 0.2) is 6.20 Å². The molecule has 0 radical (unpaired) electrons. The van der Waals surface area contributed by atoms with Gasteiger partial charge in [-0.1, -0.05) is 5.21 Å². The highest BCUT2D eigenvalue weighted by molar-refractivity contribution is 5.86. The van der Waals surface area contributed by atoms with Crippen LogP contribution in [0.25, 0.3) is 0 Å². The number of nitrogens with zero attached hydrogens (tertiary/aromatic N) is 3. The molecule has 0 aliphatic carbocycles. The van der Waals surface area contributed by atoms with Gasteiger partial charge in [-0.25, -0.2) is 9.48 Å². The van der Waals surface area contributed by atoms with Gasteiger partial charge in [0, 0.05) is 0 Å². The second-order valence-electron chi connectivity index (χ2n) is 3.34. The Balaban J connectivity index is 2.16. The summed E-state index contributed by atoms with van der Waals surface area (Å²) in [5.74, 6) is -0.506. The Kier molecular flexibility index (Phi) is 2.65. The molecule has 15 heavy (non-hydrogen) atoms. The average Bonchev–Trinajstić information content (AvgIpc) is 2.84. The number of carbonyl (C=O) groups is 1. The zero-order chi connectivity index (χ0) is 10.8. The van der Waals surface area contributed by atoms with E-state index in [-0.39, 0.29) is 17.8 Å². The first kappa shape index (κ1) is 10.1. The predicted octanol–water partition coefficient (Wildman–Crippen LogP) is -1.04. The lowest BCUT2D eigenvalue weighted by molar-refractivity contribution is 0.0594. The molecule has 2 rings (SSSR count). The Labute approximate surface area is 86.1 Å². The maximum Gasteiger partial charge on any atom is 0.360 e. The van der Waals surface area contributed by atoms with E-state index in [4.69, 9.17) is 10.5 Å². The largest absolute Gasteiger partial charge is 0.464 e. The lowest BCUT2D eigenvalue weighted by Crippen LogP contribution is -2.31. The van der Waals surface area contributed by atoms with Crippen molar-refractivity contribution in [1.82, 2.24) is 15.0 Å². The van der Waals surface area contributed by atoms with E-state index in [1.54, 1.807) is 4.68 Å². The molecular formula is C8H12N4O3. The minimum Gasteiger partial charge on any atom is -0.464 e. The number of rotatable bonds is 2. The van der Waals surface area contributed by atoms with E-state index in [1.807, 2.05) is 0 Å². The molecule has 0 aromatic carbocycles. The van der Waals surface area contributed by atoms with Crippen LogP contribution in [-0.2, 0) is 9.47 Å². The molecule has 2 heterocycles. The van der Waals surface area contributed by atoms with Crippen LogP contribution in [0, 0.1) is 0 Å². The highest BCUT2D eigenvalue weighted by Gasteiger charge is 2.28. The maximum atomic E-state index is 11.1. The van der Waals surface area contributed by atoms with Gasteiger partial charge in [-0.2, -0.15) is 0 Å². The van der Waals surface area contributed by atoms with Crippen LogP contribution in [0.4, 0.5) is 0 Å². The third kappa shape index (κ3) is 1.83. The molecule has 0 amide bonds. The van der Waals surface area contributed by atoms with Crippen molar-refractivity contribution in [1.29, 1.82) is 0 Å². The third-order valence-corrected chi connectivity index (χ3v) is 2.34.